The minimum absolute atomic E-state index is 0.130. The third kappa shape index (κ3) is 9.67. The molecule has 3 heterocycles. The molecule has 0 radical (unpaired) electrons. The molecule has 1 fully saturated rings. The zero-order chi connectivity index (χ0) is 40.7. The molecule has 0 bridgehead atoms. The van der Waals surface area contributed by atoms with Crippen LogP contribution >= 0.6 is 0 Å². The highest BCUT2D eigenvalue weighted by atomic mass is 16.8. The second-order valence-electron chi connectivity index (χ2n) is 13.7. The first-order valence-electron chi connectivity index (χ1n) is 18.1. The molecule has 16 nitrogen and oxygen atoms in total. The van der Waals surface area contributed by atoms with Crippen LogP contribution in [0.2, 0.25) is 0 Å². The van der Waals surface area contributed by atoms with Gasteiger partial charge < -0.3 is 48.1 Å². The molecule has 16 heteroatoms. The van der Waals surface area contributed by atoms with E-state index >= 15 is 0 Å². The number of hydrogen-bond acceptors (Lipinski definition) is 16. The number of ether oxygens (including phenoxy) is 8. The second-order valence-corrected chi connectivity index (χ2v) is 13.7. The van der Waals surface area contributed by atoms with Crippen LogP contribution in [0.25, 0.3) is 0 Å². The van der Waals surface area contributed by atoms with Crippen molar-refractivity contribution in [3.05, 3.63) is 83.6 Å². The third-order valence-corrected chi connectivity index (χ3v) is 9.85. The van der Waals surface area contributed by atoms with E-state index in [1.165, 1.54) is 25.5 Å². The van der Waals surface area contributed by atoms with Gasteiger partial charge in [0, 0.05) is 64.2 Å². The Morgan fingerprint density at radius 1 is 0.875 bits per heavy atom. The number of nitrogens with zero attached hydrogens (tertiary/aromatic N) is 1. The summed E-state index contributed by atoms with van der Waals surface area (Å²) in [6.45, 7) is 9.10. The van der Waals surface area contributed by atoms with Crippen molar-refractivity contribution in [2.45, 2.75) is 90.1 Å². The predicted octanol–water partition coefficient (Wildman–Crippen LogP) is 3.52. The number of benzene rings is 2. The van der Waals surface area contributed by atoms with Crippen LogP contribution in [0.3, 0.4) is 0 Å². The van der Waals surface area contributed by atoms with Crippen molar-refractivity contribution in [2.24, 2.45) is 11.8 Å². The smallest absolute Gasteiger partial charge is 0.337 e. The number of phenolic OH excluding ortho intramolecular Hbond substituents is 2. The first-order chi connectivity index (χ1) is 26.7. The van der Waals surface area contributed by atoms with Gasteiger partial charge in [-0.15, -0.1) is 6.58 Å². The lowest BCUT2D eigenvalue weighted by Crippen LogP contribution is -2.63. The maximum Gasteiger partial charge on any atom is 0.337 e. The number of aromatic hydroxyl groups is 2. The molecule has 0 unspecified atom stereocenters. The Labute approximate surface area is 323 Å². The number of phenols is 2. The van der Waals surface area contributed by atoms with Gasteiger partial charge >= 0.3 is 29.8 Å². The highest BCUT2D eigenvalue weighted by molar-refractivity contribution is 5.89. The van der Waals surface area contributed by atoms with Crippen molar-refractivity contribution >= 4 is 29.8 Å². The predicted molar refractivity (Wildman–Crippen MR) is 193 cm³/mol. The van der Waals surface area contributed by atoms with E-state index in [0.29, 0.717) is 25.1 Å². The summed E-state index contributed by atoms with van der Waals surface area (Å²) in [5.41, 5.74) is 2.46. The van der Waals surface area contributed by atoms with E-state index in [1.54, 1.807) is 6.07 Å². The molecule has 3 aliphatic heterocycles. The fourth-order valence-electron chi connectivity index (χ4n) is 7.49. The minimum atomic E-state index is -1.59. The molecule has 2 N–H and O–H groups in total. The van der Waals surface area contributed by atoms with Gasteiger partial charge in [-0.25, -0.2) is 4.79 Å². The maximum absolute atomic E-state index is 13.4. The quantitative estimate of drug-likeness (QED) is 0.129. The summed E-state index contributed by atoms with van der Waals surface area (Å²) in [5, 5.41) is 21.9. The lowest BCUT2D eigenvalue weighted by atomic mass is 9.76. The Bertz CT molecular complexity index is 1810. The van der Waals surface area contributed by atoms with Crippen molar-refractivity contribution in [3.63, 3.8) is 0 Å². The molecular formula is C40H47NO15. The van der Waals surface area contributed by atoms with Gasteiger partial charge in [-0.1, -0.05) is 42.5 Å². The van der Waals surface area contributed by atoms with Gasteiger partial charge in [0.05, 0.1) is 18.9 Å². The average Bonchev–Trinajstić information content (AvgIpc) is 3.15. The Morgan fingerprint density at radius 2 is 1.54 bits per heavy atom. The molecule has 2 aromatic carbocycles. The van der Waals surface area contributed by atoms with Gasteiger partial charge in [0.1, 0.15) is 12.7 Å². The first kappa shape index (κ1) is 41.7. The number of carbonyl (C=O) groups excluding carboxylic acids is 5. The molecule has 0 spiro atoms. The fraction of sp³-hybridized carbons (Fsp3) is 0.475. The normalized spacial score (nSPS) is 27.3. The summed E-state index contributed by atoms with van der Waals surface area (Å²) >= 11 is 0. The Balaban J connectivity index is 1.55. The summed E-state index contributed by atoms with van der Waals surface area (Å²) in [6, 6.07) is 12.4. The number of methoxy groups -OCH3 is 1. The van der Waals surface area contributed by atoms with E-state index in [-0.39, 0.29) is 23.5 Å². The SMILES string of the molecule is C=C[C@H]1[C@H](O[C@@H]2O[C@H](COC(C)=O)[C@@H](OC(C)=O)[C@H](OC(C)=O)[C@H]2OC(C)=O)OC=C(C(=O)OC)[C@H]1C[C@@H]1c2c(ccc(O)c2O)CCN1Cc1ccccc1. The lowest BCUT2D eigenvalue weighted by molar-refractivity contribution is -0.342. The molecule has 3 aliphatic rings. The molecule has 0 amide bonds. The third-order valence-electron chi connectivity index (χ3n) is 9.85. The topological polar surface area (TPSA) is 203 Å². The molecule has 302 valence electrons. The molecule has 5 rings (SSSR count). The number of rotatable bonds is 13. The maximum atomic E-state index is 13.4. The van der Waals surface area contributed by atoms with Gasteiger partial charge in [0.15, 0.2) is 29.8 Å². The van der Waals surface area contributed by atoms with Crippen LogP contribution in [0.1, 0.15) is 56.8 Å². The molecule has 56 heavy (non-hydrogen) atoms. The average molecular weight is 782 g/mol. The van der Waals surface area contributed by atoms with Crippen LogP contribution in [0.4, 0.5) is 0 Å². The summed E-state index contributed by atoms with van der Waals surface area (Å²) in [5.74, 6) is -6.01. The number of fused-ring (bicyclic) bond motifs is 1. The Kier molecular flexibility index (Phi) is 13.7. The standard InChI is InChI=1S/C40H47NO15/c1-7-27-28(17-30-33-26(13-14-31(46)34(33)47)15-16-41(30)18-25-11-9-8-10-12-25)29(38(48)49-6)19-51-39(27)56-40-37(54-24(5)45)36(53-23(4)44)35(52-22(3)43)32(55-40)20-50-21(2)42/h7-14,19,27-28,30,32,35-37,39-40,46-47H,1,15-18,20H2,2-6H3/t27-,28+,30-,32-,35-,36+,37-,39+,40+/m1/s1. The molecule has 0 saturated carbocycles. The molecule has 0 aromatic heterocycles. The Morgan fingerprint density at radius 3 is 2.16 bits per heavy atom. The summed E-state index contributed by atoms with van der Waals surface area (Å²) in [7, 11) is 1.23. The number of hydrogen-bond donors (Lipinski definition) is 2. The summed E-state index contributed by atoms with van der Waals surface area (Å²) in [6.07, 6.45) is -5.18. The zero-order valence-corrected chi connectivity index (χ0v) is 31.8. The van der Waals surface area contributed by atoms with Gasteiger partial charge in [-0.3, -0.25) is 24.1 Å². The fourth-order valence-corrected chi connectivity index (χ4v) is 7.49. The van der Waals surface area contributed by atoms with Crippen molar-refractivity contribution < 1.29 is 72.1 Å². The van der Waals surface area contributed by atoms with Crippen LogP contribution in [0.15, 0.2) is 67.0 Å². The van der Waals surface area contributed by atoms with Gasteiger partial charge in [-0.05, 0) is 30.0 Å². The van der Waals surface area contributed by atoms with Gasteiger partial charge in [0.2, 0.25) is 12.6 Å². The minimum Gasteiger partial charge on any atom is -0.504 e. The van der Waals surface area contributed by atoms with Crippen LogP contribution in [-0.2, 0) is 74.8 Å². The monoisotopic (exact) mass is 781 g/mol. The van der Waals surface area contributed by atoms with Crippen molar-refractivity contribution in [1.29, 1.82) is 0 Å². The molecule has 9 atom stereocenters. The van der Waals surface area contributed by atoms with Crippen molar-refractivity contribution in [1.82, 2.24) is 4.90 Å². The van der Waals surface area contributed by atoms with E-state index in [1.807, 2.05) is 30.3 Å². The zero-order valence-electron chi connectivity index (χ0n) is 31.8. The van der Waals surface area contributed by atoms with Crippen LogP contribution in [0, 0.1) is 11.8 Å². The number of esters is 5. The molecule has 1 saturated heterocycles. The Hall–Kier alpha value is -5.45. The van der Waals surface area contributed by atoms with Crippen molar-refractivity contribution in [3.8, 4) is 11.5 Å². The lowest BCUT2D eigenvalue weighted by Gasteiger charge is -2.46. The van der Waals surface area contributed by atoms with Gasteiger partial charge in [-0.2, -0.15) is 0 Å². The van der Waals surface area contributed by atoms with E-state index in [0.717, 1.165) is 38.8 Å². The van der Waals surface area contributed by atoms with Crippen molar-refractivity contribution in [2.75, 3.05) is 20.3 Å². The molecule has 2 aromatic rings. The summed E-state index contributed by atoms with van der Waals surface area (Å²) in [4.78, 5) is 64.4. The highest BCUT2D eigenvalue weighted by Gasteiger charge is 2.54. The van der Waals surface area contributed by atoms with E-state index in [9.17, 15) is 34.2 Å². The van der Waals surface area contributed by atoms with Crippen LogP contribution in [0.5, 0.6) is 11.5 Å². The number of carbonyl (C=O) groups is 5. The summed E-state index contributed by atoms with van der Waals surface area (Å²) < 4.78 is 45.5. The van der Waals surface area contributed by atoms with Crippen LogP contribution < -0.4 is 0 Å². The van der Waals surface area contributed by atoms with Crippen LogP contribution in [-0.4, -0.2) is 102 Å². The first-order valence-corrected chi connectivity index (χ1v) is 18.1. The van der Waals surface area contributed by atoms with E-state index in [2.05, 4.69) is 11.5 Å². The highest BCUT2D eigenvalue weighted by Crippen LogP contribution is 2.48. The van der Waals surface area contributed by atoms with E-state index < -0.39 is 91.3 Å². The second kappa shape index (κ2) is 18.5. The largest absolute Gasteiger partial charge is 0.504 e. The van der Waals surface area contributed by atoms with E-state index in [4.69, 9.17) is 37.9 Å². The molecular weight excluding hydrogens is 734 g/mol. The molecule has 0 aliphatic carbocycles. The van der Waals surface area contributed by atoms with Gasteiger partial charge in [0.25, 0.3) is 0 Å².